The number of anilines is 1. The van der Waals surface area contributed by atoms with Gasteiger partial charge in [0, 0.05) is 16.7 Å². The summed E-state index contributed by atoms with van der Waals surface area (Å²) in [5.41, 5.74) is 3.22. The third kappa shape index (κ3) is 5.50. The van der Waals surface area contributed by atoms with E-state index in [0.29, 0.717) is 24.8 Å². The fourth-order valence-corrected chi connectivity index (χ4v) is 4.75. The second kappa shape index (κ2) is 10.8. The molecule has 0 aliphatic heterocycles. The first-order chi connectivity index (χ1) is 15.5. The highest BCUT2D eigenvalue weighted by atomic mass is 127. The van der Waals surface area contributed by atoms with Crippen LogP contribution in [0.2, 0.25) is 5.02 Å². The third-order valence-corrected chi connectivity index (χ3v) is 7.07. The molecule has 0 unspecified atom stereocenters. The predicted octanol–water partition coefficient (Wildman–Crippen LogP) is 8.45. The minimum absolute atomic E-state index is 0.479. The molecule has 4 aromatic carbocycles. The number of fused-ring (bicyclic) bond motifs is 1. The molecule has 1 N–H and O–H groups in total. The molecule has 0 fully saturated rings. The Morgan fingerprint density at radius 1 is 0.969 bits per heavy atom. The van der Waals surface area contributed by atoms with Crippen LogP contribution in [-0.4, -0.2) is 6.61 Å². The Balaban J connectivity index is 1.53. The molecule has 4 rings (SSSR count). The van der Waals surface area contributed by atoms with Crippen LogP contribution in [0.25, 0.3) is 10.8 Å². The maximum absolute atomic E-state index is 6.29. The highest BCUT2D eigenvalue weighted by Crippen LogP contribution is 2.36. The van der Waals surface area contributed by atoms with Gasteiger partial charge in [-0.25, -0.2) is 0 Å². The smallest absolute Gasteiger partial charge is 0.174 e. The van der Waals surface area contributed by atoms with Crippen LogP contribution in [0, 0.1) is 3.57 Å². The normalized spacial score (nSPS) is 10.9. The van der Waals surface area contributed by atoms with E-state index in [1.807, 2.05) is 31.2 Å². The van der Waals surface area contributed by atoms with E-state index < -0.39 is 0 Å². The molecule has 0 atom stereocenters. The highest BCUT2D eigenvalue weighted by molar-refractivity contribution is 14.1. The van der Waals surface area contributed by atoms with Crippen molar-refractivity contribution in [3.05, 3.63) is 97.0 Å². The molecule has 32 heavy (non-hydrogen) atoms. The van der Waals surface area contributed by atoms with Crippen molar-refractivity contribution in [3.8, 4) is 11.5 Å². The summed E-state index contributed by atoms with van der Waals surface area (Å²) in [6.07, 6.45) is 0. The van der Waals surface area contributed by atoms with Gasteiger partial charge in [0.05, 0.1) is 15.2 Å². The standard InChI is InChI=1S/C26H22BrClINO2/c1-2-31-25-13-17(15-30-20-10-11-22(27)23(28)14-20)12-24(29)26(25)32-16-19-8-5-7-18-6-3-4-9-21(18)19/h3-14,30H,2,15-16H2,1H3. The van der Waals surface area contributed by atoms with E-state index in [9.17, 15) is 0 Å². The highest BCUT2D eigenvalue weighted by Gasteiger charge is 2.13. The minimum atomic E-state index is 0.479. The minimum Gasteiger partial charge on any atom is -0.490 e. The largest absolute Gasteiger partial charge is 0.490 e. The van der Waals surface area contributed by atoms with Crippen molar-refractivity contribution >= 4 is 66.6 Å². The van der Waals surface area contributed by atoms with E-state index in [4.69, 9.17) is 21.1 Å². The molecule has 0 amide bonds. The lowest BCUT2D eigenvalue weighted by Crippen LogP contribution is -2.05. The zero-order valence-electron chi connectivity index (χ0n) is 17.5. The molecule has 0 bridgehead atoms. The van der Waals surface area contributed by atoms with E-state index in [2.05, 4.69) is 92.4 Å². The van der Waals surface area contributed by atoms with Crippen LogP contribution in [0.4, 0.5) is 5.69 Å². The summed E-state index contributed by atoms with van der Waals surface area (Å²) < 4.78 is 14.1. The molecule has 0 aromatic heterocycles. The van der Waals surface area contributed by atoms with Gasteiger partial charge in [0.15, 0.2) is 11.5 Å². The van der Waals surface area contributed by atoms with Crippen molar-refractivity contribution in [3.63, 3.8) is 0 Å². The van der Waals surface area contributed by atoms with Gasteiger partial charge < -0.3 is 14.8 Å². The molecular weight excluding hydrogens is 601 g/mol. The van der Waals surface area contributed by atoms with Crippen LogP contribution in [0.1, 0.15) is 18.1 Å². The average Bonchev–Trinajstić information content (AvgIpc) is 2.79. The number of rotatable bonds is 8. The lowest BCUT2D eigenvalue weighted by atomic mass is 10.1. The first kappa shape index (κ1) is 23.2. The molecule has 164 valence electrons. The van der Waals surface area contributed by atoms with E-state index in [1.165, 1.54) is 10.8 Å². The molecule has 0 heterocycles. The predicted molar refractivity (Wildman–Crippen MR) is 145 cm³/mol. The fourth-order valence-electron chi connectivity index (χ4n) is 3.50. The van der Waals surface area contributed by atoms with Crippen LogP contribution in [-0.2, 0) is 13.2 Å². The monoisotopic (exact) mass is 621 g/mol. The number of halogens is 3. The van der Waals surface area contributed by atoms with Crippen molar-refractivity contribution in [2.75, 3.05) is 11.9 Å². The summed E-state index contributed by atoms with van der Waals surface area (Å²) >= 11 is 11.9. The van der Waals surface area contributed by atoms with E-state index in [0.717, 1.165) is 36.4 Å². The summed E-state index contributed by atoms with van der Waals surface area (Å²) in [6, 6.07) is 24.6. The summed E-state index contributed by atoms with van der Waals surface area (Å²) in [6.45, 7) is 3.68. The molecule has 0 spiro atoms. The SMILES string of the molecule is CCOc1cc(CNc2ccc(Br)c(Cl)c2)cc(I)c1OCc1cccc2ccccc12. The number of hydrogen-bond donors (Lipinski definition) is 1. The van der Waals surface area contributed by atoms with Crippen molar-refractivity contribution < 1.29 is 9.47 Å². The zero-order valence-corrected chi connectivity index (χ0v) is 22.0. The van der Waals surface area contributed by atoms with Gasteiger partial charge in [-0.15, -0.1) is 0 Å². The first-order valence-corrected chi connectivity index (χ1v) is 12.5. The van der Waals surface area contributed by atoms with Crippen LogP contribution in [0.5, 0.6) is 11.5 Å². The van der Waals surface area contributed by atoms with Gasteiger partial charge in [-0.1, -0.05) is 54.1 Å². The number of hydrogen-bond acceptors (Lipinski definition) is 3. The lowest BCUT2D eigenvalue weighted by molar-refractivity contribution is 0.268. The van der Waals surface area contributed by atoms with Crippen LogP contribution >= 0.6 is 50.1 Å². The Hall–Kier alpha value is -1.96. The lowest BCUT2D eigenvalue weighted by Gasteiger charge is -2.17. The second-order valence-corrected chi connectivity index (χ2v) is 9.67. The maximum atomic E-state index is 6.29. The van der Waals surface area contributed by atoms with Gasteiger partial charge in [0.1, 0.15) is 6.61 Å². The van der Waals surface area contributed by atoms with E-state index in [1.54, 1.807) is 0 Å². The Morgan fingerprint density at radius 3 is 2.59 bits per heavy atom. The Morgan fingerprint density at radius 2 is 1.78 bits per heavy atom. The number of ether oxygens (including phenoxy) is 2. The molecule has 0 radical (unpaired) electrons. The van der Waals surface area contributed by atoms with Crippen LogP contribution in [0.15, 0.2) is 77.3 Å². The Bertz CT molecular complexity index is 1240. The van der Waals surface area contributed by atoms with Crippen molar-refractivity contribution in [2.24, 2.45) is 0 Å². The molecule has 6 heteroatoms. The van der Waals surface area contributed by atoms with Crippen molar-refractivity contribution in [1.29, 1.82) is 0 Å². The Labute approximate surface area is 215 Å². The molecule has 0 saturated heterocycles. The summed E-state index contributed by atoms with van der Waals surface area (Å²) in [7, 11) is 0. The average molecular weight is 623 g/mol. The van der Waals surface area contributed by atoms with Gasteiger partial charge in [0.2, 0.25) is 0 Å². The molecule has 4 aromatic rings. The van der Waals surface area contributed by atoms with E-state index in [-0.39, 0.29) is 0 Å². The Kier molecular flexibility index (Phi) is 7.81. The van der Waals surface area contributed by atoms with Crippen LogP contribution in [0.3, 0.4) is 0 Å². The number of benzene rings is 4. The summed E-state index contributed by atoms with van der Waals surface area (Å²) in [4.78, 5) is 0. The van der Waals surface area contributed by atoms with Crippen LogP contribution < -0.4 is 14.8 Å². The van der Waals surface area contributed by atoms with Gasteiger partial charge in [-0.05, 0) is 97.7 Å². The quantitative estimate of drug-likeness (QED) is 0.200. The van der Waals surface area contributed by atoms with Gasteiger partial charge >= 0.3 is 0 Å². The first-order valence-electron chi connectivity index (χ1n) is 10.3. The zero-order chi connectivity index (χ0) is 22.5. The molecular formula is C26H22BrClINO2. The molecule has 0 aliphatic rings. The van der Waals surface area contributed by atoms with Gasteiger partial charge in [-0.2, -0.15) is 0 Å². The van der Waals surface area contributed by atoms with Gasteiger partial charge in [-0.3, -0.25) is 0 Å². The third-order valence-electron chi connectivity index (χ3n) is 5.04. The second-order valence-electron chi connectivity index (χ2n) is 7.25. The van der Waals surface area contributed by atoms with Crippen molar-refractivity contribution in [2.45, 2.75) is 20.1 Å². The fraction of sp³-hybridized carbons (Fsp3) is 0.154. The summed E-state index contributed by atoms with van der Waals surface area (Å²) in [5.74, 6) is 1.53. The van der Waals surface area contributed by atoms with E-state index >= 15 is 0 Å². The number of nitrogens with one attached hydrogen (secondary N) is 1. The maximum Gasteiger partial charge on any atom is 0.174 e. The molecule has 3 nitrogen and oxygen atoms in total. The molecule has 0 saturated carbocycles. The van der Waals surface area contributed by atoms with Gasteiger partial charge in [0.25, 0.3) is 0 Å². The summed E-state index contributed by atoms with van der Waals surface area (Å²) in [5, 5.41) is 6.51. The van der Waals surface area contributed by atoms with Crippen molar-refractivity contribution in [1.82, 2.24) is 0 Å². The topological polar surface area (TPSA) is 30.5 Å². The molecule has 0 aliphatic carbocycles.